The minimum Gasteiger partial charge on any atom is -0.280 e. The molecule has 3 aromatic rings. The Bertz CT molecular complexity index is 915. The summed E-state index contributed by atoms with van der Waals surface area (Å²) in [5.74, 6) is 0. The molecule has 2 aromatic carbocycles. The molecule has 0 fully saturated rings. The van der Waals surface area contributed by atoms with Crippen molar-refractivity contribution in [1.29, 1.82) is 0 Å². The Morgan fingerprint density at radius 3 is 2.15 bits per heavy atom. The summed E-state index contributed by atoms with van der Waals surface area (Å²) in [6.07, 6.45) is 8.50. The Morgan fingerprint density at radius 1 is 0.808 bits per heavy atom. The Kier molecular flexibility index (Phi) is 6.89. The molecule has 0 aliphatic rings. The molecule has 0 unspecified atom stereocenters. The fourth-order valence-electron chi connectivity index (χ4n) is 3.50. The van der Waals surface area contributed by atoms with Crippen LogP contribution >= 0.6 is 22.6 Å². The van der Waals surface area contributed by atoms with Crippen LogP contribution in [0, 0.1) is 3.57 Å². The van der Waals surface area contributed by atoms with E-state index in [2.05, 4.69) is 35.6 Å². The molecule has 1 aromatic heterocycles. The lowest BCUT2D eigenvalue weighted by molar-refractivity contribution is 0.600. The van der Waals surface area contributed by atoms with Crippen LogP contribution in [0.5, 0.6) is 0 Å². The number of para-hydroxylation sites is 1. The van der Waals surface area contributed by atoms with Gasteiger partial charge in [-0.2, -0.15) is 0 Å². The van der Waals surface area contributed by atoms with Crippen LogP contribution in [0.3, 0.4) is 0 Å². The number of fused-ring (bicyclic) bond motifs is 1. The van der Waals surface area contributed by atoms with Gasteiger partial charge in [-0.15, -0.1) is 0 Å². The minimum absolute atomic E-state index is 0.0909. The third kappa shape index (κ3) is 4.20. The average Bonchev–Trinajstić information content (AvgIpc) is 2.69. The van der Waals surface area contributed by atoms with E-state index in [4.69, 9.17) is 0 Å². The fourth-order valence-corrected chi connectivity index (χ4v) is 4.48. The highest BCUT2D eigenvalue weighted by Gasteiger charge is 2.15. The van der Waals surface area contributed by atoms with Gasteiger partial charge < -0.3 is 0 Å². The van der Waals surface area contributed by atoms with E-state index in [-0.39, 0.29) is 5.56 Å². The summed E-state index contributed by atoms with van der Waals surface area (Å²) >= 11 is 2.42. The maximum absolute atomic E-state index is 13.2. The smallest absolute Gasteiger partial charge is 0.263 e. The number of benzene rings is 2. The molecule has 0 amide bonds. The van der Waals surface area contributed by atoms with Crippen LogP contribution in [0.4, 0.5) is 0 Å². The largest absolute Gasteiger partial charge is 0.280 e. The fraction of sp³-hybridized carbons (Fsp3) is 0.348. The van der Waals surface area contributed by atoms with Crippen molar-refractivity contribution in [3.05, 3.63) is 74.2 Å². The van der Waals surface area contributed by atoms with Crippen LogP contribution < -0.4 is 5.56 Å². The number of halogens is 1. The van der Waals surface area contributed by atoms with Crippen molar-refractivity contribution in [2.24, 2.45) is 0 Å². The lowest BCUT2D eigenvalue weighted by Gasteiger charge is -2.17. The van der Waals surface area contributed by atoms with Crippen LogP contribution in [0.1, 0.15) is 51.1 Å². The molecule has 2 nitrogen and oxygen atoms in total. The highest BCUT2D eigenvalue weighted by Crippen LogP contribution is 2.25. The van der Waals surface area contributed by atoms with Crippen molar-refractivity contribution in [2.45, 2.75) is 51.9 Å². The minimum atomic E-state index is 0.0909. The second-order valence-electron chi connectivity index (χ2n) is 6.80. The van der Waals surface area contributed by atoms with Gasteiger partial charge in [-0.3, -0.25) is 9.36 Å². The van der Waals surface area contributed by atoms with E-state index in [0.717, 1.165) is 35.0 Å². The number of unbranched alkanes of at least 4 members (excludes halogenated alkanes) is 5. The van der Waals surface area contributed by atoms with Crippen LogP contribution in [0.2, 0.25) is 0 Å². The monoisotopic (exact) mass is 459 g/mol. The third-order valence-electron chi connectivity index (χ3n) is 4.90. The molecular weight excluding hydrogens is 433 g/mol. The summed E-state index contributed by atoms with van der Waals surface area (Å²) in [7, 11) is 0. The van der Waals surface area contributed by atoms with Gasteiger partial charge in [0, 0.05) is 25.7 Å². The molecule has 0 N–H and O–H groups in total. The lowest BCUT2D eigenvalue weighted by Crippen LogP contribution is -2.23. The Morgan fingerprint density at radius 2 is 1.42 bits per heavy atom. The number of rotatable bonds is 8. The van der Waals surface area contributed by atoms with Crippen molar-refractivity contribution in [3.63, 3.8) is 0 Å². The summed E-state index contributed by atoms with van der Waals surface area (Å²) in [5, 5.41) is 1.87. The van der Waals surface area contributed by atoms with E-state index in [9.17, 15) is 4.79 Å². The van der Waals surface area contributed by atoms with E-state index < -0.39 is 0 Å². The van der Waals surface area contributed by atoms with Gasteiger partial charge >= 0.3 is 0 Å². The van der Waals surface area contributed by atoms with Crippen LogP contribution in [-0.2, 0) is 6.42 Å². The van der Waals surface area contributed by atoms with Crippen molar-refractivity contribution in [1.82, 2.24) is 4.57 Å². The first-order valence-electron chi connectivity index (χ1n) is 9.61. The predicted octanol–water partition coefficient (Wildman–Crippen LogP) is 6.50. The molecule has 3 rings (SSSR count). The standard InChI is InChI=1S/C23H26INO/c1-2-3-4-5-6-10-17-21-22(24)19-15-11-12-16-20(19)23(26)25(21)18-13-8-7-9-14-18/h7-9,11-16H,2-6,10,17H2,1H3. The number of pyridine rings is 1. The summed E-state index contributed by atoms with van der Waals surface area (Å²) in [5.41, 5.74) is 2.20. The zero-order valence-corrected chi connectivity index (χ0v) is 17.5. The Hall–Kier alpha value is -1.62. The van der Waals surface area contributed by atoms with Gasteiger partial charge in [0.1, 0.15) is 0 Å². The van der Waals surface area contributed by atoms with E-state index in [0.29, 0.717) is 0 Å². The first-order valence-corrected chi connectivity index (χ1v) is 10.7. The zero-order chi connectivity index (χ0) is 18.4. The highest BCUT2D eigenvalue weighted by molar-refractivity contribution is 14.1. The van der Waals surface area contributed by atoms with Gasteiger partial charge in [0.2, 0.25) is 0 Å². The van der Waals surface area contributed by atoms with E-state index in [1.807, 2.05) is 53.1 Å². The summed E-state index contributed by atoms with van der Waals surface area (Å²) in [4.78, 5) is 13.2. The number of nitrogens with zero attached hydrogens (tertiary/aromatic N) is 1. The molecule has 136 valence electrons. The van der Waals surface area contributed by atoms with Crippen molar-refractivity contribution in [3.8, 4) is 5.69 Å². The predicted molar refractivity (Wildman–Crippen MR) is 119 cm³/mol. The van der Waals surface area contributed by atoms with Gasteiger partial charge in [-0.1, -0.05) is 75.4 Å². The van der Waals surface area contributed by atoms with Crippen molar-refractivity contribution >= 4 is 33.4 Å². The second-order valence-corrected chi connectivity index (χ2v) is 7.88. The molecule has 0 saturated heterocycles. The summed E-state index contributed by atoms with van der Waals surface area (Å²) < 4.78 is 3.13. The van der Waals surface area contributed by atoms with Gasteiger partial charge in [0.25, 0.3) is 5.56 Å². The molecule has 1 heterocycles. The summed E-state index contributed by atoms with van der Waals surface area (Å²) in [6.45, 7) is 2.25. The van der Waals surface area contributed by atoms with Gasteiger partial charge in [0.05, 0.1) is 0 Å². The Balaban J connectivity index is 1.99. The van der Waals surface area contributed by atoms with E-state index in [1.165, 1.54) is 35.7 Å². The number of hydrogen-bond donors (Lipinski definition) is 0. The maximum atomic E-state index is 13.2. The first-order chi connectivity index (χ1) is 12.7. The van der Waals surface area contributed by atoms with Gasteiger partial charge in [-0.05, 0) is 53.6 Å². The molecule has 0 aliphatic heterocycles. The number of aromatic nitrogens is 1. The molecule has 0 bridgehead atoms. The van der Waals surface area contributed by atoms with E-state index >= 15 is 0 Å². The SMILES string of the molecule is CCCCCCCCc1c(I)c2ccccc2c(=O)n1-c1ccccc1. The van der Waals surface area contributed by atoms with Crippen LogP contribution in [-0.4, -0.2) is 4.57 Å². The first kappa shape index (κ1) is 19.2. The van der Waals surface area contributed by atoms with Crippen LogP contribution in [0.25, 0.3) is 16.5 Å². The molecule has 26 heavy (non-hydrogen) atoms. The number of hydrogen-bond acceptors (Lipinski definition) is 1. The highest BCUT2D eigenvalue weighted by atomic mass is 127. The molecule has 0 aliphatic carbocycles. The topological polar surface area (TPSA) is 22.0 Å². The van der Waals surface area contributed by atoms with Crippen LogP contribution in [0.15, 0.2) is 59.4 Å². The molecular formula is C23H26INO. The van der Waals surface area contributed by atoms with Crippen molar-refractivity contribution < 1.29 is 0 Å². The third-order valence-corrected chi connectivity index (χ3v) is 6.11. The lowest BCUT2D eigenvalue weighted by atomic mass is 10.0. The zero-order valence-electron chi connectivity index (χ0n) is 15.4. The van der Waals surface area contributed by atoms with E-state index in [1.54, 1.807) is 0 Å². The second kappa shape index (κ2) is 9.36. The maximum Gasteiger partial charge on any atom is 0.263 e. The van der Waals surface area contributed by atoms with Crippen molar-refractivity contribution in [2.75, 3.05) is 0 Å². The molecule has 0 saturated carbocycles. The Labute approximate surface area is 169 Å². The summed E-state index contributed by atoms with van der Waals surface area (Å²) in [6, 6.07) is 18.0. The van der Waals surface area contributed by atoms with Gasteiger partial charge in [0.15, 0.2) is 0 Å². The molecule has 0 atom stereocenters. The quantitative estimate of drug-likeness (QED) is 0.279. The average molecular weight is 459 g/mol. The molecule has 0 spiro atoms. The molecule has 3 heteroatoms. The van der Waals surface area contributed by atoms with Gasteiger partial charge in [-0.25, -0.2) is 0 Å². The molecule has 0 radical (unpaired) electrons. The normalized spacial score (nSPS) is 11.2.